The van der Waals surface area contributed by atoms with E-state index < -0.39 is 0 Å². The number of rotatable bonds is 1. The molecule has 1 N–H and O–H groups in total. The van der Waals surface area contributed by atoms with Crippen molar-refractivity contribution in [2.45, 2.75) is 32.9 Å². The average Bonchev–Trinajstić information content (AvgIpc) is 2.31. The molecule has 2 amide bonds. The molecule has 0 aliphatic carbocycles. The second kappa shape index (κ2) is 5.57. The third-order valence-electron chi connectivity index (χ3n) is 3.44. The minimum atomic E-state index is -0.348. The first kappa shape index (κ1) is 13.8. The van der Waals surface area contributed by atoms with Gasteiger partial charge in [-0.15, -0.1) is 0 Å². The van der Waals surface area contributed by atoms with Crippen molar-refractivity contribution >= 4 is 11.7 Å². The number of urea groups is 1. The number of nitrogens with one attached hydrogen (secondary N) is 1. The van der Waals surface area contributed by atoms with Crippen LogP contribution < -0.4 is 5.32 Å². The van der Waals surface area contributed by atoms with Gasteiger partial charge in [0.05, 0.1) is 18.8 Å². The topological polar surface area (TPSA) is 41.6 Å². The van der Waals surface area contributed by atoms with Crippen molar-refractivity contribution in [1.29, 1.82) is 0 Å². The molecule has 1 saturated heterocycles. The highest BCUT2D eigenvalue weighted by Gasteiger charge is 2.29. The maximum Gasteiger partial charge on any atom is 0.322 e. The molecular formula is C14H19FN2O2. The number of amides is 2. The summed E-state index contributed by atoms with van der Waals surface area (Å²) in [6, 6.07) is 4.28. The number of hydrogen-bond donors (Lipinski definition) is 1. The molecule has 2 atom stereocenters. The van der Waals surface area contributed by atoms with E-state index in [4.69, 9.17) is 4.74 Å². The monoisotopic (exact) mass is 266 g/mol. The lowest BCUT2D eigenvalue weighted by Gasteiger charge is -2.37. The van der Waals surface area contributed by atoms with E-state index in [1.165, 1.54) is 12.1 Å². The number of anilines is 1. The van der Waals surface area contributed by atoms with Crippen molar-refractivity contribution in [3.05, 3.63) is 29.6 Å². The zero-order valence-corrected chi connectivity index (χ0v) is 11.4. The Hall–Kier alpha value is -1.62. The van der Waals surface area contributed by atoms with E-state index in [1.54, 1.807) is 17.9 Å². The molecule has 0 radical (unpaired) electrons. The van der Waals surface area contributed by atoms with Crippen molar-refractivity contribution in [2.75, 3.05) is 18.5 Å². The Labute approximate surface area is 112 Å². The molecule has 0 spiro atoms. The highest BCUT2D eigenvalue weighted by Crippen LogP contribution is 2.17. The van der Waals surface area contributed by atoms with Gasteiger partial charge >= 0.3 is 6.03 Å². The Morgan fingerprint density at radius 3 is 2.84 bits per heavy atom. The first-order valence-electron chi connectivity index (χ1n) is 6.44. The van der Waals surface area contributed by atoms with Crippen LogP contribution >= 0.6 is 0 Å². The van der Waals surface area contributed by atoms with E-state index in [0.717, 1.165) is 5.56 Å². The van der Waals surface area contributed by atoms with Crippen LogP contribution in [0.3, 0.4) is 0 Å². The smallest absolute Gasteiger partial charge is 0.322 e. The van der Waals surface area contributed by atoms with Crippen LogP contribution in [0.1, 0.15) is 19.4 Å². The van der Waals surface area contributed by atoms with Crippen LogP contribution in [-0.2, 0) is 4.74 Å². The minimum Gasteiger partial charge on any atom is -0.375 e. The number of nitrogens with zero attached hydrogens (tertiary/aromatic N) is 1. The van der Waals surface area contributed by atoms with Gasteiger partial charge in [-0.2, -0.15) is 0 Å². The average molecular weight is 266 g/mol. The van der Waals surface area contributed by atoms with E-state index in [-0.39, 0.29) is 24.0 Å². The summed E-state index contributed by atoms with van der Waals surface area (Å²) in [7, 11) is 0. The van der Waals surface area contributed by atoms with Crippen LogP contribution in [0.15, 0.2) is 18.2 Å². The molecule has 1 fully saturated rings. The van der Waals surface area contributed by atoms with E-state index in [2.05, 4.69) is 5.32 Å². The van der Waals surface area contributed by atoms with Crippen LogP contribution in [0.4, 0.5) is 14.9 Å². The van der Waals surface area contributed by atoms with Gasteiger partial charge in [-0.25, -0.2) is 9.18 Å². The zero-order valence-electron chi connectivity index (χ0n) is 11.4. The summed E-state index contributed by atoms with van der Waals surface area (Å²) in [6.45, 7) is 6.75. The minimum absolute atomic E-state index is 0.00315. The number of halogens is 1. The van der Waals surface area contributed by atoms with Gasteiger partial charge in [-0.3, -0.25) is 0 Å². The Bertz CT molecular complexity index is 458. The van der Waals surface area contributed by atoms with E-state index >= 15 is 0 Å². The quantitative estimate of drug-likeness (QED) is 0.849. The highest BCUT2D eigenvalue weighted by atomic mass is 19.1. The van der Waals surface area contributed by atoms with Gasteiger partial charge in [-0.1, -0.05) is 0 Å². The molecule has 1 aromatic carbocycles. The second-order valence-corrected chi connectivity index (χ2v) is 4.96. The lowest BCUT2D eigenvalue weighted by atomic mass is 10.1. The normalized spacial score (nSPS) is 23.3. The fraction of sp³-hybridized carbons (Fsp3) is 0.500. The molecule has 1 heterocycles. The summed E-state index contributed by atoms with van der Waals surface area (Å²) in [5, 5.41) is 2.74. The number of carbonyl (C=O) groups is 1. The van der Waals surface area contributed by atoms with Gasteiger partial charge in [0.25, 0.3) is 0 Å². The number of aryl methyl sites for hydroxylation is 1. The van der Waals surface area contributed by atoms with Crippen molar-refractivity contribution in [3.8, 4) is 0 Å². The highest BCUT2D eigenvalue weighted by molar-refractivity contribution is 5.89. The molecule has 2 rings (SSSR count). The lowest BCUT2D eigenvalue weighted by molar-refractivity contribution is -0.0355. The molecule has 1 aliphatic rings. The standard InChI is InChI=1S/C14H19FN2O2/c1-9-6-12(15)8-13(7-9)16-14(18)17-4-5-19-11(3)10(17)2/h6-8,10-11H,4-5H2,1-3H3,(H,16,18)/t10-,11+/m0/s1. The molecule has 0 saturated carbocycles. The predicted molar refractivity (Wildman–Crippen MR) is 71.7 cm³/mol. The molecule has 0 bridgehead atoms. The SMILES string of the molecule is Cc1cc(F)cc(NC(=O)N2CCO[C@H](C)[C@@H]2C)c1. The Balaban J connectivity index is 2.08. The van der Waals surface area contributed by atoms with Gasteiger partial charge in [0, 0.05) is 12.2 Å². The Kier molecular flexibility index (Phi) is 4.04. The molecule has 0 aromatic heterocycles. The van der Waals surface area contributed by atoms with Crippen molar-refractivity contribution < 1.29 is 13.9 Å². The van der Waals surface area contributed by atoms with Crippen LogP contribution in [0, 0.1) is 12.7 Å². The summed E-state index contributed by atoms with van der Waals surface area (Å²) in [6.07, 6.45) is 0.00810. The molecule has 4 nitrogen and oxygen atoms in total. The third-order valence-corrected chi connectivity index (χ3v) is 3.44. The maximum atomic E-state index is 13.3. The molecule has 0 unspecified atom stereocenters. The van der Waals surface area contributed by atoms with E-state index in [9.17, 15) is 9.18 Å². The summed E-state index contributed by atoms with van der Waals surface area (Å²) in [4.78, 5) is 13.9. The Morgan fingerprint density at radius 2 is 2.16 bits per heavy atom. The van der Waals surface area contributed by atoms with Gasteiger partial charge in [-0.05, 0) is 44.5 Å². The number of benzene rings is 1. The third kappa shape index (κ3) is 3.23. The van der Waals surface area contributed by atoms with Crippen molar-refractivity contribution in [2.24, 2.45) is 0 Å². The predicted octanol–water partition coefficient (Wildman–Crippen LogP) is 2.78. The Morgan fingerprint density at radius 1 is 1.42 bits per heavy atom. The molecular weight excluding hydrogens is 247 g/mol. The van der Waals surface area contributed by atoms with Crippen LogP contribution in [-0.4, -0.2) is 36.2 Å². The van der Waals surface area contributed by atoms with Crippen LogP contribution in [0.5, 0.6) is 0 Å². The molecule has 1 aliphatic heterocycles. The van der Waals surface area contributed by atoms with Gasteiger partial charge < -0.3 is 15.0 Å². The number of morpholine rings is 1. The summed E-state index contributed by atoms with van der Waals surface area (Å²) < 4.78 is 18.8. The van der Waals surface area contributed by atoms with E-state index in [0.29, 0.717) is 18.8 Å². The van der Waals surface area contributed by atoms with Gasteiger partial charge in [0.15, 0.2) is 0 Å². The summed E-state index contributed by atoms with van der Waals surface area (Å²) >= 11 is 0. The van der Waals surface area contributed by atoms with Crippen molar-refractivity contribution in [3.63, 3.8) is 0 Å². The van der Waals surface area contributed by atoms with Gasteiger partial charge in [0.1, 0.15) is 5.82 Å². The fourth-order valence-corrected chi connectivity index (χ4v) is 2.22. The zero-order chi connectivity index (χ0) is 14.0. The molecule has 19 heavy (non-hydrogen) atoms. The van der Waals surface area contributed by atoms with E-state index in [1.807, 2.05) is 13.8 Å². The number of hydrogen-bond acceptors (Lipinski definition) is 2. The number of carbonyl (C=O) groups excluding carboxylic acids is 1. The molecule has 104 valence electrons. The summed E-state index contributed by atoms with van der Waals surface area (Å²) in [5.74, 6) is -0.348. The van der Waals surface area contributed by atoms with Crippen molar-refractivity contribution in [1.82, 2.24) is 4.90 Å². The van der Waals surface area contributed by atoms with Crippen LogP contribution in [0.25, 0.3) is 0 Å². The first-order valence-corrected chi connectivity index (χ1v) is 6.44. The van der Waals surface area contributed by atoms with Crippen LogP contribution in [0.2, 0.25) is 0 Å². The lowest BCUT2D eigenvalue weighted by Crippen LogP contribution is -2.52. The first-order chi connectivity index (χ1) is 8.97. The second-order valence-electron chi connectivity index (χ2n) is 4.96. The largest absolute Gasteiger partial charge is 0.375 e. The number of ether oxygens (including phenoxy) is 1. The fourth-order valence-electron chi connectivity index (χ4n) is 2.22. The summed E-state index contributed by atoms with van der Waals surface area (Å²) in [5.41, 5.74) is 1.26. The maximum absolute atomic E-state index is 13.3. The molecule has 1 aromatic rings. The van der Waals surface area contributed by atoms with Gasteiger partial charge in [0.2, 0.25) is 0 Å². The molecule has 5 heteroatoms.